The highest BCUT2D eigenvalue weighted by Gasteiger charge is 2.47. The summed E-state index contributed by atoms with van der Waals surface area (Å²) < 4.78 is 34.3. The van der Waals surface area contributed by atoms with Crippen LogP contribution in [0.15, 0.2) is 146 Å². The molecule has 0 amide bonds. The molecule has 14 nitrogen and oxygen atoms in total. The lowest BCUT2D eigenvalue weighted by molar-refractivity contribution is -0.332. The van der Waals surface area contributed by atoms with Gasteiger partial charge in [-0.05, 0) is 116 Å². The lowest BCUT2D eigenvalue weighted by Crippen LogP contribution is -2.61. The summed E-state index contributed by atoms with van der Waals surface area (Å²) in [4.78, 5) is 13.1. The second-order valence-electron chi connectivity index (χ2n) is 19.7. The van der Waals surface area contributed by atoms with E-state index in [1.54, 1.807) is 0 Å². The number of esters is 1. The Labute approximate surface area is 474 Å². The minimum absolute atomic E-state index is 0.0185. The van der Waals surface area contributed by atoms with Crippen LogP contribution in [0.1, 0.15) is 155 Å². The van der Waals surface area contributed by atoms with Crippen molar-refractivity contribution >= 4 is 5.97 Å². The highest BCUT2D eigenvalue weighted by atomic mass is 16.7. The third kappa shape index (κ3) is 36.1. The van der Waals surface area contributed by atoms with Crippen LogP contribution < -0.4 is 0 Å². The van der Waals surface area contributed by atoms with Gasteiger partial charge >= 0.3 is 5.97 Å². The molecule has 11 atom stereocenters. The number of carbonyl (C=O) groups excluding carboxylic acids is 1. The van der Waals surface area contributed by atoms with Crippen LogP contribution in [-0.4, -0.2) is 142 Å². The third-order valence-corrected chi connectivity index (χ3v) is 12.8. The molecule has 14 heteroatoms. The molecule has 0 aliphatic carbocycles. The molecule has 2 aliphatic heterocycles. The largest absolute Gasteiger partial charge is 0.457 e. The number of carbonyl (C=O) groups is 1. The standard InChI is InChI=1S/C65H102O14/c1-3-5-7-9-11-13-15-17-19-21-23-25-26-27-29-31-33-35-37-39-41-43-45-47-49-74-51-54(52-75-64-63(73)61(71)59(69)56(79-64)53-76-65-62(72)60(70)58(68)55(50-66)78-65)77-57(67)48-46-44-42-40-38-36-34-32-30-28-24-22-20-18-16-14-12-10-8-6-4-2/h5-8,11-14,17-20,23-25,27-29,32-35,38,40,54-56,58-66,68-73H,3-4,9-10,15-16,21-22,26,30-31,36-37,39,41-53H2,1-2H3/b7-5-,8-6-,13-11-,14-12-,19-17-,20-18-,25-23-,28-24-,29-27-,34-32-,35-33-,40-38-. The van der Waals surface area contributed by atoms with Crippen molar-refractivity contribution in [2.75, 3.05) is 33.0 Å². The molecular formula is C65H102O14. The maximum Gasteiger partial charge on any atom is 0.306 e. The monoisotopic (exact) mass is 1110 g/mol. The van der Waals surface area contributed by atoms with Crippen LogP contribution in [0.2, 0.25) is 0 Å². The molecule has 0 aromatic carbocycles. The molecule has 79 heavy (non-hydrogen) atoms. The Morgan fingerprint density at radius 3 is 1.23 bits per heavy atom. The number of ether oxygens (including phenoxy) is 6. The van der Waals surface area contributed by atoms with Crippen molar-refractivity contribution in [1.29, 1.82) is 0 Å². The Hall–Kier alpha value is -4.13. The van der Waals surface area contributed by atoms with Gasteiger partial charge in [0.25, 0.3) is 0 Å². The van der Waals surface area contributed by atoms with E-state index in [2.05, 4.69) is 160 Å². The van der Waals surface area contributed by atoms with Crippen molar-refractivity contribution in [3.05, 3.63) is 146 Å². The molecule has 2 fully saturated rings. The molecular weight excluding hydrogens is 1000 g/mol. The van der Waals surface area contributed by atoms with Crippen LogP contribution in [0, 0.1) is 0 Å². The van der Waals surface area contributed by atoms with Gasteiger partial charge in [-0.25, -0.2) is 0 Å². The van der Waals surface area contributed by atoms with Gasteiger partial charge in [0.1, 0.15) is 54.9 Å². The quantitative estimate of drug-likeness (QED) is 0.0172. The van der Waals surface area contributed by atoms with Crippen molar-refractivity contribution in [1.82, 2.24) is 0 Å². The molecule has 0 radical (unpaired) electrons. The van der Waals surface area contributed by atoms with E-state index >= 15 is 0 Å². The Balaban J connectivity index is 1.76. The highest BCUT2D eigenvalue weighted by molar-refractivity contribution is 5.69. The minimum Gasteiger partial charge on any atom is -0.457 e. The van der Waals surface area contributed by atoms with Gasteiger partial charge in [0.15, 0.2) is 12.6 Å². The number of hydrogen-bond donors (Lipinski definition) is 7. The number of aliphatic hydroxyl groups excluding tert-OH is 7. The van der Waals surface area contributed by atoms with Crippen LogP contribution >= 0.6 is 0 Å². The number of unbranched alkanes of at least 4 members (excludes halogenated alkanes) is 7. The first-order valence-corrected chi connectivity index (χ1v) is 29.4. The molecule has 0 bridgehead atoms. The molecule has 0 spiro atoms. The van der Waals surface area contributed by atoms with Gasteiger partial charge in [-0.15, -0.1) is 0 Å². The smallest absolute Gasteiger partial charge is 0.306 e. The van der Waals surface area contributed by atoms with Gasteiger partial charge in [0.2, 0.25) is 0 Å². The van der Waals surface area contributed by atoms with Gasteiger partial charge in [-0.1, -0.05) is 179 Å². The van der Waals surface area contributed by atoms with Crippen molar-refractivity contribution in [3.8, 4) is 0 Å². The second kappa shape index (κ2) is 49.7. The van der Waals surface area contributed by atoms with E-state index in [4.69, 9.17) is 28.4 Å². The molecule has 2 saturated heterocycles. The fraction of sp³-hybridized carbons (Fsp3) is 0.615. The molecule has 2 rings (SSSR count). The summed E-state index contributed by atoms with van der Waals surface area (Å²) in [5.41, 5.74) is 0. The fourth-order valence-corrected chi connectivity index (χ4v) is 8.17. The average molecular weight is 1110 g/mol. The zero-order valence-corrected chi connectivity index (χ0v) is 47.8. The van der Waals surface area contributed by atoms with Gasteiger partial charge in [0, 0.05) is 13.0 Å². The highest BCUT2D eigenvalue weighted by Crippen LogP contribution is 2.26. The number of allylic oxidation sites excluding steroid dienone is 24. The fourth-order valence-electron chi connectivity index (χ4n) is 8.17. The molecule has 11 unspecified atom stereocenters. The van der Waals surface area contributed by atoms with Crippen LogP contribution in [0.25, 0.3) is 0 Å². The van der Waals surface area contributed by atoms with E-state index in [1.807, 2.05) is 0 Å². The summed E-state index contributed by atoms with van der Waals surface area (Å²) in [5.74, 6) is -0.432. The number of hydrogen-bond acceptors (Lipinski definition) is 14. The summed E-state index contributed by atoms with van der Waals surface area (Å²) in [6, 6.07) is 0. The topological polar surface area (TPSA) is 214 Å². The van der Waals surface area contributed by atoms with Crippen molar-refractivity contribution < 1.29 is 69.0 Å². The Morgan fingerprint density at radius 1 is 0.418 bits per heavy atom. The molecule has 0 aromatic rings. The molecule has 2 heterocycles. The minimum atomic E-state index is -1.73. The summed E-state index contributed by atoms with van der Waals surface area (Å²) in [5, 5.41) is 72.4. The summed E-state index contributed by atoms with van der Waals surface area (Å²) in [6.45, 7) is 3.32. The van der Waals surface area contributed by atoms with Crippen LogP contribution in [0.4, 0.5) is 0 Å². The molecule has 0 aromatic heterocycles. The first-order chi connectivity index (χ1) is 38.6. The molecule has 2 aliphatic rings. The molecule has 446 valence electrons. The maximum absolute atomic E-state index is 13.1. The summed E-state index contributed by atoms with van der Waals surface area (Å²) in [6.07, 6.45) is 56.2. The van der Waals surface area contributed by atoms with Crippen molar-refractivity contribution in [2.45, 2.75) is 223 Å². The van der Waals surface area contributed by atoms with Crippen molar-refractivity contribution in [2.24, 2.45) is 0 Å². The van der Waals surface area contributed by atoms with E-state index in [0.717, 1.165) is 128 Å². The van der Waals surface area contributed by atoms with Gasteiger partial charge < -0.3 is 64.2 Å². The van der Waals surface area contributed by atoms with E-state index in [9.17, 15) is 40.5 Å². The van der Waals surface area contributed by atoms with E-state index in [-0.39, 0.29) is 19.6 Å². The van der Waals surface area contributed by atoms with Gasteiger partial charge in [-0.3, -0.25) is 4.79 Å². The van der Waals surface area contributed by atoms with Crippen LogP contribution in [0.3, 0.4) is 0 Å². The first-order valence-electron chi connectivity index (χ1n) is 29.4. The van der Waals surface area contributed by atoms with E-state index in [1.165, 1.54) is 0 Å². The van der Waals surface area contributed by atoms with E-state index < -0.39 is 86.7 Å². The third-order valence-electron chi connectivity index (χ3n) is 12.8. The average Bonchev–Trinajstić information content (AvgIpc) is 3.46. The lowest BCUT2D eigenvalue weighted by atomic mass is 9.98. The predicted octanol–water partition coefficient (Wildman–Crippen LogP) is 10.9. The zero-order valence-electron chi connectivity index (χ0n) is 47.8. The van der Waals surface area contributed by atoms with Gasteiger partial charge in [-0.2, -0.15) is 0 Å². The number of rotatable bonds is 45. The lowest BCUT2D eigenvalue weighted by Gasteiger charge is -2.42. The van der Waals surface area contributed by atoms with Gasteiger partial charge in [0.05, 0.1) is 26.4 Å². The SMILES string of the molecule is CC/C=C\C/C=C\C/C=C\C/C=C\C/C=C\C/C=C\CCCCCCCOCC(COC1OC(COC2OC(CO)C(O)C(O)C2O)C(O)C(O)C1O)OC(=O)CCCC/C=C\C/C=C\C/C=C\C/C=C\C/C=C\C/C=C\CC. The molecule has 0 saturated carbocycles. The zero-order chi connectivity index (χ0) is 57.2. The van der Waals surface area contributed by atoms with Crippen molar-refractivity contribution in [3.63, 3.8) is 0 Å². The first kappa shape index (κ1) is 71.0. The van der Waals surface area contributed by atoms with E-state index in [0.29, 0.717) is 13.0 Å². The second-order valence-corrected chi connectivity index (χ2v) is 19.7. The Morgan fingerprint density at radius 2 is 0.785 bits per heavy atom. The number of aliphatic hydroxyl groups is 7. The van der Waals surface area contributed by atoms with Crippen LogP contribution in [-0.2, 0) is 33.2 Å². The Kier molecular flexibility index (Phi) is 44.6. The maximum atomic E-state index is 13.1. The predicted molar refractivity (Wildman–Crippen MR) is 316 cm³/mol. The Bertz CT molecular complexity index is 1860. The van der Waals surface area contributed by atoms with Crippen LogP contribution in [0.5, 0.6) is 0 Å². The summed E-state index contributed by atoms with van der Waals surface area (Å²) in [7, 11) is 0. The normalized spacial score (nSPS) is 25.1. The molecule has 7 N–H and O–H groups in total. The summed E-state index contributed by atoms with van der Waals surface area (Å²) >= 11 is 0.